The number of nitrogens with one attached hydrogen (secondary N) is 1. The fraction of sp³-hybridized carbons (Fsp3) is 0.100. The number of para-hydroxylation sites is 1. The molecule has 0 bridgehead atoms. The van der Waals surface area contributed by atoms with Gasteiger partial charge in [-0.1, -0.05) is 18.2 Å². The topological polar surface area (TPSA) is 111 Å². The van der Waals surface area contributed by atoms with Gasteiger partial charge in [-0.15, -0.1) is 12.3 Å². The molecule has 0 spiro atoms. The van der Waals surface area contributed by atoms with Crippen LogP contribution in [0.2, 0.25) is 0 Å². The van der Waals surface area contributed by atoms with Crippen LogP contribution in [0.3, 0.4) is 0 Å². The number of carbonyl (C=O) groups is 2. The lowest BCUT2D eigenvalue weighted by Crippen LogP contribution is -2.15. The summed E-state index contributed by atoms with van der Waals surface area (Å²) in [6, 6.07) is 11.0. The average Bonchev–Trinajstić information content (AvgIpc) is 2.68. The normalized spacial score (nSPS) is 10.2. The number of nitrogens with two attached hydrogens (primary N) is 1. The monoisotopic (exact) mass is 366 g/mol. The first-order chi connectivity index (χ1) is 13.0. The minimum absolute atomic E-state index is 0.0642. The first kappa shape index (κ1) is 19.6. The van der Waals surface area contributed by atoms with Crippen LogP contribution in [-0.2, 0) is 9.63 Å². The van der Waals surface area contributed by atoms with Crippen molar-refractivity contribution in [1.29, 1.82) is 0 Å². The van der Waals surface area contributed by atoms with Crippen molar-refractivity contribution in [1.82, 2.24) is 0 Å². The Hall–Kier alpha value is -3.76. The Kier molecular flexibility index (Phi) is 6.99. The molecule has 4 N–H and O–H groups in total. The van der Waals surface area contributed by atoms with Crippen LogP contribution in [0.1, 0.15) is 22.3 Å². The summed E-state index contributed by atoms with van der Waals surface area (Å²) in [5.74, 6) is 6.33. The highest BCUT2D eigenvalue weighted by atomic mass is 16.7. The number of phenols is 1. The van der Waals surface area contributed by atoms with E-state index in [4.69, 9.17) is 17.1 Å². The summed E-state index contributed by atoms with van der Waals surface area (Å²) >= 11 is 0. The molecule has 0 atom stereocenters. The van der Waals surface area contributed by atoms with Gasteiger partial charge < -0.3 is 20.0 Å². The van der Waals surface area contributed by atoms with Gasteiger partial charge in [0.05, 0.1) is 17.9 Å². The van der Waals surface area contributed by atoms with Gasteiger partial charge in [0, 0.05) is 12.5 Å². The van der Waals surface area contributed by atoms with Gasteiger partial charge in [0.2, 0.25) is 5.91 Å². The first-order valence-electron chi connectivity index (χ1n) is 7.93. The smallest absolute Gasteiger partial charge is 0.358 e. The number of terminal acetylenes is 1. The summed E-state index contributed by atoms with van der Waals surface area (Å²) in [7, 11) is 0. The van der Waals surface area contributed by atoms with Crippen molar-refractivity contribution in [2.24, 2.45) is 5.90 Å². The molecule has 0 heterocycles. The zero-order valence-corrected chi connectivity index (χ0v) is 14.3. The standard InChI is InChI=1S/C20H18N2O5/c1-2-3-12-26-18-10-8-14(13-17(18)23)9-11-19(24)22-16-7-5-4-6-15(16)20(25)27-21/h1,4-11,13,23H,3,12,21H2,(H,22,24)/b11-9+. The maximum absolute atomic E-state index is 12.1. The van der Waals surface area contributed by atoms with Crippen LogP contribution in [0, 0.1) is 12.3 Å². The molecule has 0 saturated carbocycles. The maximum Gasteiger partial charge on any atom is 0.358 e. The molecule has 2 rings (SSSR count). The zero-order chi connectivity index (χ0) is 19.6. The highest BCUT2D eigenvalue weighted by molar-refractivity contribution is 6.06. The Labute approximate surface area is 156 Å². The molecule has 0 saturated heterocycles. The minimum atomic E-state index is -0.764. The van der Waals surface area contributed by atoms with Crippen LogP contribution in [0.15, 0.2) is 48.5 Å². The molecule has 1 amide bonds. The van der Waals surface area contributed by atoms with Crippen LogP contribution < -0.4 is 16.0 Å². The number of benzene rings is 2. The van der Waals surface area contributed by atoms with Crippen molar-refractivity contribution in [3.63, 3.8) is 0 Å². The van der Waals surface area contributed by atoms with E-state index in [1.165, 1.54) is 24.3 Å². The van der Waals surface area contributed by atoms with Gasteiger partial charge in [-0.2, -0.15) is 5.90 Å². The Morgan fingerprint density at radius 1 is 1.26 bits per heavy atom. The maximum atomic E-state index is 12.1. The molecular weight excluding hydrogens is 348 g/mol. The van der Waals surface area contributed by atoms with E-state index in [0.29, 0.717) is 24.3 Å². The van der Waals surface area contributed by atoms with E-state index in [9.17, 15) is 14.7 Å². The number of hydrogen-bond acceptors (Lipinski definition) is 6. The third kappa shape index (κ3) is 5.63. The van der Waals surface area contributed by atoms with E-state index in [0.717, 1.165) is 0 Å². The van der Waals surface area contributed by atoms with Crippen molar-refractivity contribution in [2.75, 3.05) is 11.9 Å². The highest BCUT2D eigenvalue weighted by Gasteiger charge is 2.12. The van der Waals surface area contributed by atoms with E-state index in [1.54, 1.807) is 30.3 Å². The molecule has 0 fully saturated rings. The molecule has 0 aliphatic heterocycles. The summed E-state index contributed by atoms with van der Waals surface area (Å²) in [4.78, 5) is 27.9. The van der Waals surface area contributed by atoms with E-state index >= 15 is 0 Å². The molecule has 0 unspecified atom stereocenters. The van der Waals surface area contributed by atoms with Crippen molar-refractivity contribution >= 4 is 23.6 Å². The second kappa shape index (κ2) is 9.65. The Morgan fingerprint density at radius 3 is 2.74 bits per heavy atom. The van der Waals surface area contributed by atoms with Crippen LogP contribution >= 0.6 is 0 Å². The molecule has 0 aromatic heterocycles. The van der Waals surface area contributed by atoms with Gasteiger partial charge in [0.25, 0.3) is 0 Å². The Bertz CT molecular complexity index is 899. The van der Waals surface area contributed by atoms with Crippen molar-refractivity contribution in [3.05, 3.63) is 59.7 Å². The molecule has 138 valence electrons. The number of ether oxygens (including phenoxy) is 1. The summed E-state index contributed by atoms with van der Waals surface area (Å²) in [6.45, 7) is 0.298. The average molecular weight is 366 g/mol. The minimum Gasteiger partial charge on any atom is -0.504 e. The lowest BCUT2D eigenvalue weighted by atomic mass is 10.1. The van der Waals surface area contributed by atoms with Gasteiger partial charge in [0.15, 0.2) is 11.5 Å². The number of aromatic hydroxyl groups is 1. The van der Waals surface area contributed by atoms with Gasteiger partial charge in [0.1, 0.15) is 0 Å². The molecule has 2 aromatic carbocycles. The molecule has 27 heavy (non-hydrogen) atoms. The molecule has 2 aromatic rings. The van der Waals surface area contributed by atoms with Crippen LogP contribution in [0.5, 0.6) is 11.5 Å². The number of rotatable bonds is 7. The predicted octanol–water partition coefficient (Wildman–Crippen LogP) is 2.48. The second-order valence-electron chi connectivity index (χ2n) is 5.30. The van der Waals surface area contributed by atoms with Crippen molar-refractivity contribution in [2.45, 2.75) is 6.42 Å². The van der Waals surface area contributed by atoms with Crippen molar-refractivity contribution in [3.8, 4) is 23.8 Å². The molecule has 0 aliphatic rings. The van der Waals surface area contributed by atoms with E-state index in [-0.39, 0.29) is 17.0 Å². The second-order valence-corrected chi connectivity index (χ2v) is 5.30. The third-order valence-corrected chi connectivity index (χ3v) is 3.43. The lowest BCUT2D eigenvalue weighted by Gasteiger charge is -2.08. The largest absolute Gasteiger partial charge is 0.504 e. The number of phenolic OH excluding ortho intramolecular Hbond substituents is 1. The number of carbonyl (C=O) groups excluding carboxylic acids is 2. The fourth-order valence-electron chi connectivity index (χ4n) is 2.16. The molecule has 0 aliphatic carbocycles. The predicted molar refractivity (Wildman–Crippen MR) is 101 cm³/mol. The third-order valence-electron chi connectivity index (χ3n) is 3.43. The molecule has 7 heteroatoms. The number of anilines is 1. The van der Waals surface area contributed by atoms with Gasteiger partial charge in [-0.05, 0) is 35.9 Å². The van der Waals surface area contributed by atoms with E-state index < -0.39 is 11.9 Å². The number of hydrogen-bond donors (Lipinski definition) is 3. The van der Waals surface area contributed by atoms with Gasteiger partial charge in [-0.3, -0.25) is 4.79 Å². The number of amides is 1. The van der Waals surface area contributed by atoms with E-state index in [1.807, 2.05) is 0 Å². The van der Waals surface area contributed by atoms with Crippen molar-refractivity contribution < 1.29 is 24.3 Å². The Morgan fingerprint density at radius 2 is 2.04 bits per heavy atom. The highest BCUT2D eigenvalue weighted by Crippen LogP contribution is 2.27. The fourth-order valence-corrected chi connectivity index (χ4v) is 2.16. The first-order valence-corrected chi connectivity index (χ1v) is 7.93. The van der Waals surface area contributed by atoms with E-state index in [2.05, 4.69) is 16.1 Å². The summed E-state index contributed by atoms with van der Waals surface area (Å²) in [5, 5.41) is 12.5. The Balaban J connectivity index is 2.04. The SMILES string of the molecule is C#CCCOc1ccc(/C=C/C(=O)Nc2ccccc2C(=O)ON)cc1O. The summed E-state index contributed by atoms with van der Waals surface area (Å²) in [5.41, 5.74) is 0.983. The quantitative estimate of drug-likeness (QED) is 0.300. The lowest BCUT2D eigenvalue weighted by molar-refractivity contribution is -0.111. The zero-order valence-electron chi connectivity index (χ0n) is 14.3. The molecule has 7 nitrogen and oxygen atoms in total. The van der Waals surface area contributed by atoms with Crippen LogP contribution in [-0.4, -0.2) is 23.6 Å². The van der Waals surface area contributed by atoms with Gasteiger partial charge in [-0.25, -0.2) is 4.79 Å². The van der Waals surface area contributed by atoms with Gasteiger partial charge >= 0.3 is 5.97 Å². The summed E-state index contributed by atoms with van der Waals surface area (Å²) < 4.78 is 5.33. The van der Waals surface area contributed by atoms with Crippen LogP contribution in [0.4, 0.5) is 5.69 Å². The van der Waals surface area contributed by atoms with Crippen LogP contribution in [0.25, 0.3) is 6.08 Å². The summed E-state index contributed by atoms with van der Waals surface area (Å²) in [6.07, 6.45) is 8.34. The molecule has 0 radical (unpaired) electrons. The molecular formula is C20H18N2O5.